The van der Waals surface area contributed by atoms with Gasteiger partial charge in [0.05, 0.1) is 13.0 Å². The second kappa shape index (κ2) is 9.43. The molecule has 1 atom stereocenters. The molecule has 152 valence electrons. The van der Waals surface area contributed by atoms with Crippen LogP contribution in [0.2, 0.25) is 5.02 Å². The maximum atomic E-state index is 12.4. The summed E-state index contributed by atoms with van der Waals surface area (Å²) in [5, 5.41) is 6.07. The Labute approximate surface area is 174 Å². The fraction of sp³-hybridized carbons (Fsp3) is 0.286. The summed E-state index contributed by atoms with van der Waals surface area (Å²) in [6, 6.07) is 13.7. The lowest BCUT2D eigenvalue weighted by Crippen LogP contribution is -2.38. The molecule has 1 aliphatic rings. The molecular weight excluding hydrogens is 394 g/mol. The molecule has 0 unspecified atom stereocenters. The highest BCUT2D eigenvalue weighted by atomic mass is 35.5. The molecule has 2 aromatic rings. The van der Waals surface area contributed by atoms with E-state index < -0.39 is 5.92 Å². The van der Waals surface area contributed by atoms with Gasteiger partial charge in [0.1, 0.15) is 5.75 Å². The van der Waals surface area contributed by atoms with Crippen molar-refractivity contribution in [2.24, 2.45) is 5.92 Å². The molecular formula is C21H22ClN3O4. The van der Waals surface area contributed by atoms with E-state index >= 15 is 0 Å². The van der Waals surface area contributed by atoms with E-state index in [1.807, 2.05) is 6.07 Å². The second-order valence-electron chi connectivity index (χ2n) is 6.66. The van der Waals surface area contributed by atoms with Gasteiger partial charge in [-0.25, -0.2) is 0 Å². The quantitative estimate of drug-likeness (QED) is 0.679. The van der Waals surface area contributed by atoms with Crippen LogP contribution in [0, 0.1) is 5.92 Å². The molecule has 0 radical (unpaired) electrons. The Morgan fingerprint density at radius 1 is 1.14 bits per heavy atom. The lowest BCUT2D eigenvalue weighted by molar-refractivity contribution is -0.126. The first kappa shape index (κ1) is 20.7. The molecule has 1 saturated heterocycles. The van der Waals surface area contributed by atoms with Crippen molar-refractivity contribution in [1.29, 1.82) is 0 Å². The predicted octanol–water partition coefficient (Wildman–Crippen LogP) is 2.25. The van der Waals surface area contributed by atoms with Gasteiger partial charge < -0.3 is 20.3 Å². The number of halogens is 1. The van der Waals surface area contributed by atoms with Gasteiger partial charge in [-0.3, -0.25) is 14.4 Å². The molecule has 1 aliphatic heterocycles. The van der Waals surface area contributed by atoms with Gasteiger partial charge in [0.2, 0.25) is 11.8 Å². The van der Waals surface area contributed by atoms with Gasteiger partial charge in [-0.1, -0.05) is 17.7 Å². The van der Waals surface area contributed by atoms with E-state index in [0.717, 1.165) is 0 Å². The maximum Gasteiger partial charge on any atom is 0.251 e. The van der Waals surface area contributed by atoms with Crippen molar-refractivity contribution in [2.45, 2.75) is 6.42 Å². The number of hydrogen-bond acceptors (Lipinski definition) is 4. The Bertz CT molecular complexity index is 901. The number of anilines is 1. The first-order valence-corrected chi connectivity index (χ1v) is 9.61. The van der Waals surface area contributed by atoms with Crippen LogP contribution in [-0.4, -0.2) is 44.5 Å². The third kappa shape index (κ3) is 5.26. The van der Waals surface area contributed by atoms with Crippen molar-refractivity contribution >= 4 is 35.0 Å². The van der Waals surface area contributed by atoms with Gasteiger partial charge in [0, 0.05) is 48.4 Å². The van der Waals surface area contributed by atoms with E-state index in [1.54, 1.807) is 54.5 Å². The second-order valence-corrected chi connectivity index (χ2v) is 7.10. The minimum atomic E-state index is -0.430. The summed E-state index contributed by atoms with van der Waals surface area (Å²) in [5.74, 6) is -0.324. The summed E-state index contributed by atoms with van der Waals surface area (Å²) < 4.78 is 5.19. The first-order valence-electron chi connectivity index (χ1n) is 9.24. The third-order valence-electron chi connectivity index (χ3n) is 4.68. The third-order valence-corrected chi connectivity index (χ3v) is 4.93. The molecule has 0 aromatic heterocycles. The SMILES string of the molecule is COc1cccc(N2C[C@H](C(=O)NCCNC(=O)c3ccc(Cl)cc3)CC2=O)c1. The van der Waals surface area contributed by atoms with Crippen molar-refractivity contribution in [2.75, 3.05) is 31.6 Å². The molecule has 1 heterocycles. The van der Waals surface area contributed by atoms with Crippen LogP contribution < -0.4 is 20.3 Å². The smallest absolute Gasteiger partial charge is 0.251 e. The van der Waals surface area contributed by atoms with Gasteiger partial charge in [0.25, 0.3) is 5.91 Å². The van der Waals surface area contributed by atoms with Crippen LogP contribution in [0.25, 0.3) is 0 Å². The number of ether oxygens (including phenoxy) is 1. The Kier molecular flexibility index (Phi) is 6.72. The zero-order valence-corrected chi connectivity index (χ0v) is 16.7. The number of rotatable bonds is 7. The Morgan fingerprint density at radius 2 is 1.86 bits per heavy atom. The van der Waals surface area contributed by atoms with E-state index in [4.69, 9.17) is 16.3 Å². The molecule has 1 fully saturated rings. The van der Waals surface area contributed by atoms with Crippen LogP contribution in [0.4, 0.5) is 5.69 Å². The van der Waals surface area contributed by atoms with Gasteiger partial charge >= 0.3 is 0 Å². The van der Waals surface area contributed by atoms with Crippen LogP contribution in [-0.2, 0) is 9.59 Å². The highest BCUT2D eigenvalue weighted by Crippen LogP contribution is 2.27. The summed E-state index contributed by atoms with van der Waals surface area (Å²) in [6.45, 7) is 0.879. The monoisotopic (exact) mass is 415 g/mol. The van der Waals surface area contributed by atoms with E-state index in [9.17, 15) is 14.4 Å². The summed E-state index contributed by atoms with van der Waals surface area (Å²) in [7, 11) is 1.56. The normalized spacial score (nSPS) is 15.9. The molecule has 0 saturated carbocycles. The van der Waals surface area contributed by atoms with Crippen molar-refractivity contribution < 1.29 is 19.1 Å². The van der Waals surface area contributed by atoms with Crippen LogP contribution in [0.3, 0.4) is 0 Å². The summed E-state index contributed by atoms with van der Waals surface area (Å²) >= 11 is 5.80. The van der Waals surface area contributed by atoms with Crippen molar-refractivity contribution in [3.63, 3.8) is 0 Å². The zero-order chi connectivity index (χ0) is 20.8. The molecule has 7 nitrogen and oxygen atoms in total. The molecule has 0 spiro atoms. The molecule has 2 aromatic carbocycles. The van der Waals surface area contributed by atoms with Crippen LogP contribution >= 0.6 is 11.6 Å². The largest absolute Gasteiger partial charge is 0.497 e. The minimum absolute atomic E-state index is 0.102. The van der Waals surface area contributed by atoms with Gasteiger partial charge in [0.15, 0.2) is 0 Å². The van der Waals surface area contributed by atoms with Crippen molar-refractivity contribution in [3.05, 3.63) is 59.1 Å². The van der Waals surface area contributed by atoms with Crippen LogP contribution in [0.15, 0.2) is 48.5 Å². The Hall–Kier alpha value is -3.06. The minimum Gasteiger partial charge on any atom is -0.497 e. The lowest BCUT2D eigenvalue weighted by Gasteiger charge is -2.17. The molecule has 0 aliphatic carbocycles. The lowest BCUT2D eigenvalue weighted by atomic mass is 10.1. The van der Waals surface area contributed by atoms with Crippen molar-refractivity contribution in [1.82, 2.24) is 10.6 Å². The summed E-state index contributed by atoms with van der Waals surface area (Å²) in [6.07, 6.45) is 0.153. The number of methoxy groups -OCH3 is 1. The van der Waals surface area contributed by atoms with E-state index in [0.29, 0.717) is 28.6 Å². The summed E-state index contributed by atoms with van der Waals surface area (Å²) in [4.78, 5) is 38.3. The highest BCUT2D eigenvalue weighted by Gasteiger charge is 2.35. The zero-order valence-electron chi connectivity index (χ0n) is 16.0. The van der Waals surface area contributed by atoms with Gasteiger partial charge in [-0.05, 0) is 36.4 Å². The highest BCUT2D eigenvalue weighted by molar-refractivity contribution is 6.30. The molecule has 0 bridgehead atoms. The van der Waals surface area contributed by atoms with Crippen LogP contribution in [0.5, 0.6) is 5.75 Å². The fourth-order valence-electron chi connectivity index (χ4n) is 3.12. The predicted molar refractivity (Wildman–Crippen MR) is 110 cm³/mol. The molecule has 3 amide bonds. The molecule has 2 N–H and O–H groups in total. The first-order chi connectivity index (χ1) is 14.0. The van der Waals surface area contributed by atoms with E-state index in [2.05, 4.69) is 10.6 Å². The van der Waals surface area contributed by atoms with Gasteiger partial charge in [-0.15, -0.1) is 0 Å². The van der Waals surface area contributed by atoms with E-state index in [-0.39, 0.29) is 37.2 Å². The number of carbonyl (C=O) groups is 3. The average Bonchev–Trinajstić information content (AvgIpc) is 3.13. The number of amides is 3. The number of hydrogen-bond donors (Lipinski definition) is 2. The number of carbonyl (C=O) groups excluding carboxylic acids is 3. The molecule has 8 heteroatoms. The van der Waals surface area contributed by atoms with E-state index in [1.165, 1.54) is 0 Å². The number of nitrogens with one attached hydrogen (secondary N) is 2. The standard InChI is InChI=1S/C21H22ClN3O4/c1-29-18-4-2-3-17(12-18)25-13-15(11-19(25)26)21(28)24-10-9-23-20(27)14-5-7-16(22)8-6-14/h2-8,12,15H,9-11,13H2,1H3,(H,23,27)(H,24,28)/t15-/m1/s1. The average molecular weight is 416 g/mol. The summed E-state index contributed by atoms with van der Waals surface area (Å²) in [5.41, 5.74) is 1.20. The van der Waals surface area contributed by atoms with Gasteiger partial charge in [-0.2, -0.15) is 0 Å². The molecule has 3 rings (SSSR count). The topological polar surface area (TPSA) is 87.7 Å². The Morgan fingerprint density at radius 3 is 2.59 bits per heavy atom. The van der Waals surface area contributed by atoms with Crippen LogP contribution in [0.1, 0.15) is 16.8 Å². The number of nitrogens with zero attached hydrogens (tertiary/aromatic N) is 1. The fourth-order valence-corrected chi connectivity index (χ4v) is 3.25. The Balaban J connectivity index is 1.45. The van der Waals surface area contributed by atoms with Crippen molar-refractivity contribution in [3.8, 4) is 5.75 Å². The molecule has 29 heavy (non-hydrogen) atoms. The maximum absolute atomic E-state index is 12.4. The number of benzene rings is 2.